The Morgan fingerprint density at radius 3 is 2.17 bits per heavy atom. The van der Waals surface area contributed by atoms with Crippen molar-refractivity contribution in [1.29, 1.82) is 0 Å². The number of hydrogen-bond acceptors (Lipinski definition) is 5. The highest BCUT2D eigenvalue weighted by Gasteiger charge is 2.11. The summed E-state index contributed by atoms with van der Waals surface area (Å²) in [6.07, 6.45) is 0. The van der Waals surface area contributed by atoms with Crippen molar-refractivity contribution < 1.29 is 19.8 Å². The van der Waals surface area contributed by atoms with E-state index in [0.717, 1.165) is 0 Å². The lowest BCUT2D eigenvalue weighted by atomic mass is 10.3. The SMILES string of the molecule is O=C([O-])c1n[nH]c(C(=O)[O-])c1I. The number of halogens is 1. The van der Waals surface area contributed by atoms with Crippen LogP contribution in [0.3, 0.4) is 0 Å². The van der Waals surface area contributed by atoms with Crippen LogP contribution >= 0.6 is 22.6 Å². The van der Waals surface area contributed by atoms with Gasteiger partial charge in [-0.05, 0) is 22.6 Å². The molecule has 0 fully saturated rings. The fourth-order valence-electron chi connectivity index (χ4n) is 0.599. The average Bonchev–Trinajstić information content (AvgIpc) is 2.30. The Balaban J connectivity index is 3.22. The van der Waals surface area contributed by atoms with Gasteiger partial charge in [-0.15, -0.1) is 0 Å². The van der Waals surface area contributed by atoms with Crippen molar-refractivity contribution in [2.24, 2.45) is 0 Å². The molecule has 1 heterocycles. The van der Waals surface area contributed by atoms with Gasteiger partial charge in [0.15, 0.2) is 0 Å². The van der Waals surface area contributed by atoms with Crippen LogP contribution in [0.2, 0.25) is 0 Å². The molecular weight excluding hydrogens is 279 g/mol. The molecule has 0 atom stereocenters. The Morgan fingerprint density at radius 2 is 1.92 bits per heavy atom. The van der Waals surface area contributed by atoms with Gasteiger partial charge in [0.05, 0.1) is 21.2 Å². The molecule has 12 heavy (non-hydrogen) atoms. The van der Waals surface area contributed by atoms with Crippen LogP contribution in [0.15, 0.2) is 0 Å². The maximum Gasteiger partial charge on any atom is 0.122 e. The molecule has 0 amide bonds. The fourth-order valence-corrected chi connectivity index (χ4v) is 1.28. The predicted octanol–water partition coefficient (Wildman–Crippen LogP) is -2.26. The number of aromatic amines is 1. The molecule has 1 aromatic rings. The molecule has 0 aliphatic carbocycles. The Bertz CT molecular complexity index is 314. The minimum absolute atomic E-state index is 0.0207. The van der Waals surface area contributed by atoms with Crippen molar-refractivity contribution in [3.05, 3.63) is 15.0 Å². The summed E-state index contributed by atoms with van der Waals surface area (Å²) in [5, 5.41) is 25.7. The molecule has 0 bridgehead atoms. The zero-order chi connectivity index (χ0) is 9.30. The maximum atomic E-state index is 10.3. The van der Waals surface area contributed by atoms with Crippen LogP contribution in [0.4, 0.5) is 0 Å². The van der Waals surface area contributed by atoms with Gasteiger partial charge in [-0.2, -0.15) is 5.10 Å². The van der Waals surface area contributed by atoms with E-state index in [-0.39, 0.29) is 9.26 Å². The van der Waals surface area contributed by atoms with E-state index in [1.54, 1.807) is 0 Å². The highest BCUT2D eigenvalue weighted by molar-refractivity contribution is 14.1. The molecule has 6 nitrogen and oxygen atoms in total. The molecule has 0 saturated carbocycles. The van der Waals surface area contributed by atoms with Crippen LogP contribution in [0.1, 0.15) is 21.0 Å². The van der Waals surface area contributed by atoms with Gasteiger partial charge in [0.25, 0.3) is 0 Å². The van der Waals surface area contributed by atoms with Crippen molar-refractivity contribution in [2.75, 3.05) is 0 Å². The normalized spacial score (nSPS) is 9.75. The Labute approximate surface area is 79.7 Å². The van der Waals surface area contributed by atoms with E-state index >= 15 is 0 Å². The summed E-state index contributed by atoms with van der Waals surface area (Å²) < 4.78 is -0.0207. The second kappa shape index (κ2) is 3.09. The number of hydrogen-bond donors (Lipinski definition) is 1. The van der Waals surface area contributed by atoms with E-state index in [0.29, 0.717) is 0 Å². The van der Waals surface area contributed by atoms with E-state index < -0.39 is 17.6 Å². The minimum Gasteiger partial charge on any atom is -0.543 e. The van der Waals surface area contributed by atoms with Gasteiger partial charge in [-0.3, -0.25) is 5.10 Å². The number of carbonyl (C=O) groups is 2. The third-order valence-corrected chi connectivity index (χ3v) is 2.15. The average molecular weight is 280 g/mol. The van der Waals surface area contributed by atoms with Crippen LogP contribution < -0.4 is 10.2 Å². The number of nitrogens with zero attached hydrogens (tertiary/aromatic N) is 1. The van der Waals surface area contributed by atoms with Gasteiger partial charge in [0.1, 0.15) is 5.69 Å². The number of carboxylic acids is 2. The van der Waals surface area contributed by atoms with Crippen molar-refractivity contribution in [3.8, 4) is 0 Å². The Kier molecular flexibility index (Phi) is 2.31. The van der Waals surface area contributed by atoms with Gasteiger partial charge >= 0.3 is 0 Å². The lowest BCUT2D eigenvalue weighted by Crippen LogP contribution is -2.25. The smallest absolute Gasteiger partial charge is 0.122 e. The van der Waals surface area contributed by atoms with Crippen LogP contribution in [0.25, 0.3) is 0 Å². The molecular formula is C5HIN2O4-2. The van der Waals surface area contributed by atoms with E-state index in [1.165, 1.54) is 22.6 Å². The first-order chi connectivity index (χ1) is 5.54. The zero-order valence-corrected chi connectivity index (χ0v) is 7.62. The number of aromatic carboxylic acids is 2. The van der Waals surface area contributed by atoms with Gasteiger partial charge in [-0.25, -0.2) is 0 Å². The molecule has 64 valence electrons. The molecule has 0 saturated heterocycles. The number of rotatable bonds is 2. The van der Waals surface area contributed by atoms with Crippen LogP contribution in [0, 0.1) is 3.57 Å². The standard InChI is InChI=1S/C5H3IN2O4/c6-1-2(4(9)10)7-8-3(1)5(11)12/h(H,7,8)(H,9,10)(H,11,12)/p-2. The van der Waals surface area contributed by atoms with Crippen molar-refractivity contribution in [2.45, 2.75) is 0 Å². The molecule has 1 N–H and O–H groups in total. The molecule has 1 rings (SSSR count). The van der Waals surface area contributed by atoms with E-state index in [2.05, 4.69) is 5.10 Å². The molecule has 7 heteroatoms. The summed E-state index contributed by atoms with van der Waals surface area (Å²) in [4.78, 5) is 20.5. The van der Waals surface area contributed by atoms with Gasteiger partial charge in [-0.1, -0.05) is 0 Å². The molecule has 0 aliphatic rings. The van der Waals surface area contributed by atoms with Crippen molar-refractivity contribution in [3.63, 3.8) is 0 Å². The van der Waals surface area contributed by atoms with E-state index in [9.17, 15) is 19.8 Å². The van der Waals surface area contributed by atoms with Gasteiger partial charge in [0.2, 0.25) is 0 Å². The summed E-state index contributed by atoms with van der Waals surface area (Å²) >= 11 is 1.53. The van der Waals surface area contributed by atoms with E-state index in [4.69, 9.17) is 0 Å². The lowest BCUT2D eigenvalue weighted by Gasteiger charge is -1.98. The molecule has 0 spiro atoms. The summed E-state index contributed by atoms with van der Waals surface area (Å²) in [7, 11) is 0. The number of nitrogens with one attached hydrogen (secondary N) is 1. The first kappa shape index (κ1) is 8.97. The second-order valence-corrected chi connectivity index (χ2v) is 2.91. The highest BCUT2D eigenvalue weighted by atomic mass is 127. The molecule has 0 aliphatic heterocycles. The van der Waals surface area contributed by atoms with Gasteiger partial charge in [0, 0.05) is 0 Å². The second-order valence-electron chi connectivity index (χ2n) is 1.84. The fraction of sp³-hybridized carbons (Fsp3) is 0. The summed E-state index contributed by atoms with van der Waals surface area (Å²) in [5.41, 5.74) is -0.774. The van der Waals surface area contributed by atoms with Crippen LogP contribution in [-0.4, -0.2) is 22.1 Å². The van der Waals surface area contributed by atoms with E-state index in [1.807, 2.05) is 5.10 Å². The first-order valence-corrected chi connectivity index (χ1v) is 3.78. The third-order valence-electron chi connectivity index (χ3n) is 1.10. The Morgan fingerprint density at radius 1 is 1.33 bits per heavy atom. The van der Waals surface area contributed by atoms with Gasteiger partial charge < -0.3 is 19.8 Å². The zero-order valence-electron chi connectivity index (χ0n) is 5.46. The van der Waals surface area contributed by atoms with Crippen LogP contribution in [-0.2, 0) is 0 Å². The van der Waals surface area contributed by atoms with Crippen molar-refractivity contribution >= 4 is 34.5 Å². The first-order valence-electron chi connectivity index (χ1n) is 2.70. The maximum absolute atomic E-state index is 10.3. The molecule has 0 aromatic carbocycles. The summed E-state index contributed by atoms with van der Waals surface area (Å²) in [6, 6.07) is 0. The quantitative estimate of drug-likeness (QED) is 0.615. The molecule has 0 radical (unpaired) electrons. The third kappa shape index (κ3) is 1.40. The highest BCUT2D eigenvalue weighted by Crippen LogP contribution is 2.12. The largest absolute Gasteiger partial charge is 0.543 e. The number of aromatic nitrogens is 2. The lowest BCUT2D eigenvalue weighted by molar-refractivity contribution is -0.256. The predicted molar refractivity (Wildman–Crippen MR) is 40.0 cm³/mol. The van der Waals surface area contributed by atoms with Crippen molar-refractivity contribution in [1.82, 2.24) is 10.2 Å². The number of carbonyl (C=O) groups excluding carboxylic acids is 2. The number of carboxylic acid groups (broad SMARTS) is 2. The molecule has 1 aromatic heterocycles. The van der Waals surface area contributed by atoms with Crippen LogP contribution in [0.5, 0.6) is 0 Å². The summed E-state index contributed by atoms with van der Waals surface area (Å²) in [6.45, 7) is 0. The summed E-state index contributed by atoms with van der Waals surface area (Å²) in [5.74, 6) is -3.03. The minimum atomic E-state index is -1.52. The topological polar surface area (TPSA) is 109 Å². The number of H-pyrrole nitrogens is 1. The molecule has 0 unspecified atom stereocenters. The Hall–Kier alpha value is -1.12. The monoisotopic (exact) mass is 280 g/mol.